The molecule has 3 fully saturated rings. The number of anilines is 1. The van der Waals surface area contributed by atoms with Gasteiger partial charge in [-0.3, -0.25) is 9.36 Å². The van der Waals surface area contributed by atoms with Crippen molar-refractivity contribution in [3.05, 3.63) is 64.5 Å². The Labute approximate surface area is 216 Å². The fourth-order valence-electron chi connectivity index (χ4n) is 6.17. The van der Waals surface area contributed by atoms with Gasteiger partial charge in [0.1, 0.15) is 11.6 Å². The van der Waals surface area contributed by atoms with Gasteiger partial charge in [0.25, 0.3) is 5.56 Å². The molecule has 0 saturated heterocycles. The number of ether oxygens (including phenoxy) is 1. The molecule has 36 heavy (non-hydrogen) atoms. The molecule has 190 valence electrons. The number of halogens is 1. The first kappa shape index (κ1) is 24.7. The van der Waals surface area contributed by atoms with Crippen molar-refractivity contribution in [2.45, 2.75) is 52.6 Å². The van der Waals surface area contributed by atoms with Gasteiger partial charge in [-0.1, -0.05) is 26.8 Å². The standard InChI is InChI=1S/C28H33FN4O2S/c1-16-22-11-18(28(22,2)3)12-24(16)32-27(36)31-19-6-8-21-25(13-19)30-15-33(26(21)34)10-9-17-5-7-20(35-4)14-23(17)29/h5-8,13-16,18,22,24H,9-12H2,1-4H3,(H2,31,32,36). The predicted octanol–water partition coefficient (Wildman–Crippen LogP) is 5.14. The second-order valence-corrected chi connectivity index (χ2v) is 11.3. The summed E-state index contributed by atoms with van der Waals surface area (Å²) in [5.41, 5.74) is 2.19. The van der Waals surface area contributed by atoms with Crippen LogP contribution in [0.1, 0.15) is 39.2 Å². The molecule has 0 spiro atoms. The van der Waals surface area contributed by atoms with Crippen molar-refractivity contribution in [3.8, 4) is 5.75 Å². The van der Waals surface area contributed by atoms with Crippen LogP contribution in [0.4, 0.5) is 10.1 Å². The average Bonchev–Trinajstić information content (AvgIpc) is 2.85. The molecule has 1 aromatic heterocycles. The van der Waals surface area contributed by atoms with Crippen LogP contribution < -0.4 is 20.9 Å². The van der Waals surface area contributed by atoms with Gasteiger partial charge in [-0.2, -0.15) is 0 Å². The van der Waals surface area contributed by atoms with Gasteiger partial charge >= 0.3 is 0 Å². The molecule has 2 bridgehead atoms. The molecular weight excluding hydrogens is 475 g/mol. The Kier molecular flexibility index (Phi) is 6.49. The number of aromatic nitrogens is 2. The van der Waals surface area contributed by atoms with E-state index in [1.165, 1.54) is 30.5 Å². The molecule has 8 heteroatoms. The van der Waals surface area contributed by atoms with Crippen molar-refractivity contribution in [2.75, 3.05) is 12.4 Å². The summed E-state index contributed by atoms with van der Waals surface area (Å²) in [4.78, 5) is 17.5. The first-order valence-electron chi connectivity index (χ1n) is 12.6. The molecule has 6 rings (SSSR count). The fraction of sp³-hybridized carbons (Fsp3) is 0.464. The van der Waals surface area contributed by atoms with Gasteiger partial charge in [-0.05, 0) is 84.5 Å². The quantitative estimate of drug-likeness (QED) is 0.449. The van der Waals surface area contributed by atoms with Crippen molar-refractivity contribution in [1.29, 1.82) is 0 Å². The van der Waals surface area contributed by atoms with Crippen LogP contribution in [0.25, 0.3) is 10.9 Å². The average molecular weight is 509 g/mol. The Morgan fingerprint density at radius 1 is 1.25 bits per heavy atom. The van der Waals surface area contributed by atoms with E-state index in [0.29, 0.717) is 57.7 Å². The SMILES string of the molecule is COc1ccc(CCn2cnc3cc(NC(=S)NC4CC5CC(C4C)C5(C)C)ccc3c2=O)c(F)c1. The van der Waals surface area contributed by atoms with Crippen LogP contribution in [0.15, 0.2) is 47.5 Å². The van der Waals surface area contributed by atoms with Gasteiger partial charge < -0.3 is 15.4 Å². The maximum Gasteiger partial charge on any atom is 0.261 e. The van der Waals surface area contributed by atoms with E-state index < -0.39 is 0 Å². The van der Waals surface area contributed by atoms with Crippen molar-refractivity contribution >= 4 is 33.9 Å². The molecule has 0 radical (unpaired) electrons. The third-order valence-electron chi connectivity index (χ3n) is 8.64. The van der Waals surface area contributed by atoms with Crippen LogP contribution >= 0.6 is 12.2 Å². The number of methoxy groups -OCH3 is 1. The molecule has 4 atom stereocenters. The molecule has 4 unspecified atom stereocenters. The highest BCUT2D eigenvalue weighted by Crippen LogP contribution is 2.61. The van der Waals surface area contributed by atoms with E-state index in [9.17, 15) is 9.18 Å². The zero-order valence-electron chi connectivity index (χ0n) is 21.2. The van der Waals surface area contributed by atoms with Gasteiger partial charge in [-0.15, -0.1) is 0 Å². The van der Waals surface area contributed by atoms with E-state index in [1.807, 2.05) is 12.1 Å². The maximum absolute atomic E-state index is 14.3. The van der Waals surface area contributed by atoms with Gasteiger partial charge in [0.05, 0.1) is 24.3 Å². The van der Waals surface area contributed by atoms with Gasteiger partial charge in [-0.25, -0.2) is 9.37 Å². The van der Waals surface area contributed by atoms with Crippen LogP contribution in [0.3, 0.4) is 0 Å². The molecule has 3 aliphatic rings. The van der Waals surface area contributed by atoms with Crippen LogP contribution in [-0.4, -0.2) is 27.8 Å². The Bertz CT molecular complexity index is 1370. The summed E-state index contributed by atoms with van der Waals surface area (Å²) in [5, 5.41) is 7.90. The van der Waals surface area contributed by atoms with Crippen molar-refractivity contribution in [2.24, 2.45) is 23.2 Å². The van der Waals surface area contributed by atoms with E-state index in [1.54, 1.807) is 18.2 Å². The molecule has 3 saturated carbocycles. The van der Waals surface area contributed by atoms with Crippen LogP contribution in [-0.2, 0) is 13.0 Å². The van der Waals surface area contributed by atoms with Crippen LogP contribution in [0.2, 0.25) is 0 Å². The Hall–Kier alpha value is -3.00. The first-order chi connectivity index (χ1) is 17.2. The fourth-order valence-corrected chi connectivity index (χ4v) is 6.44. The summed E-state index contributed by atoms with van der Waals surface area (Å²) >= 11 is 5.61. The Morgan fingerprint density at radius 3 is 2.75 bits per heavy atom. The van der Waals surface area contributed by atoms with Crippen molar-refractivity contribution < 1.29 is 9.13 Å². The molecule has 3 aliphatic carbocycles. The van der Waals surface area contributed by atoms with Crippen molar-refractivity contribution in [1.82, 2.24) is 14.9 Å². The van der Waals surface area contributed by atoms with Gasteiger partial charge in [0.2, 0.25) is 0 Å². The molecule has 1 heterocycles. The number of hydrogen-bond donors (Lipinski definition) is 2. The summed E-state index contributed by atoms with van der Waals surface area (Å²) in [5.74, 6) is 2.19. The van der Waals surface area contributed by atoms with Gasteiger partial charge in [0.15, 0.2) is 5.11 Å². The maximum atomic E-state index is 14.3. The number of fused-ring (bicyclic) bond motifs is 3. The zero-order valence-corrected chi connectivity index (χ0v) is 22.0. The minimum absolute atomic E-state index is 0.154. The summed E-state index contributed by atoms with van der Waals surface area (Å²) in [6.07, 6.45) is 4.37. The monoisotopic (exact) mass is 508 g/mol. The first-order valence-corrected chi connectivity index (χ1v) is 13.0. The van der Waals surface area contributed by atoms with Crippen LogP contribution in [0, 0.1) is 29.0 Å². The zero-order chi connectivity index (χ0) is 25.6. The third kappa shape index (κ3) is 4.47. The predicted molar refractivity (Wildman–Crippen MR) is 145 cm³/mol. The Balaban J connectivity index is 1.24. The highest BCUT2D eigenvalue weighted by atomic mass is 32.1. The van der Waals surface area contributed by atoms with Crippen molar-refractivity contribution in [3.63, 3.8) is 0 Å². The van der Waals surface area contributed by atoms with Crippen LogP contribution in [0.5, 0.6) is 5.75 Å². The number of rotatable bonds is 6. The normalized spacial score (nSPS) is 24.1. The van der Waals surface area contributed by atoms with E-state index in [0.717, 1.165) is 23.9 Å². The Morgan fingerprint density at radius 2 is 2.06 bits per heavy atom. The number of aryl methyl sites for hydroxylation is 2. The summed E-state index contributed by atoms with van der Waals surface area (Å²) in [6.45, 7) is 7.44. The molecule has 0 amide bonds. The highest BCUT2D eigenvalue weighted by molar-refractivity contribution is 7.80. The summed E-state index contributed by atoms with van der Waals surface area (Å²) in [7, 11) is 1.50. The molecule has 2 aromatic carbocycles. The summed E-state index contributed by atoms with van der Waals surface area (Å²) < 4.78 is 20.8. The second kappa shape index (κ2) is 9.47. The number of nitrogens with zero attached hydrogens (tertiary/aromatic N) is 2. The molecule has 0 aliphatic heterocycles. The van der Waals surface area contributed by atoms with E-state index in [2.05, 4.69) is 36.4 Å². The number of thiocarbonyl (C=S) groups is 1. The minimum Gasteiger partial charge on any atom is -0.497 e. The van der Waals surface area contributed by atoms with E-state index in [-0.39, 0.29) is 11.4 Å². The third-order valence-corrected chi connectivity index (χ3v) is 8.86. The van der Waals surface area contributed by atoms with E-state index in [4.69, 9.17) is 17.0 Å². The lowest BCUT2D eigenvalue weighted by Crippen LogP contribution is -2.61. The number of benzene rings is 2. The molecule has 3 aromatic rings. The lowest BCUT2D eigenvalue weighted by atomic mass is 9.45. The number of nitrogens with one attached hydrogen (secondary N) is 2. The number of hydrogen-bond acceptors (Lipinski definition) is 4. The lowest BCUT2D eigenvalue weighted by Gasteiger charge is -2.62. The molecule has 2 N–H and O–H groups in total. The molecule has 6 nitrogen and oxygen atoms in total. The smallest absolute Gasteiger partial charge is 0.261 e. The summed E-state index contributed by atoms with van der Waals surface area (Å²) in [6, 6.07) is 10.6. The van der Waals surface area contributed by atoms with E-state index >= 15 is 0 Å². The van der Waals surface area contributed by atoms with Gasteiger partial charge in [0, 0.05) is 24.3 Å². The minimum atomic E-state index is -0.347. The lowest BCUT2D eigenvalue weighted by molar-refractivity contribution is -0.111. The highest BCUT2D eigenvalue weighted by Gasteiger charge is 2.56. The largest absolute Gasteiger partial charge is 0.497 e. The topological polar surface area (TPSA) is 68.2 Å². The molecular formula is C28H33FN4O2S. The second-order valence-electron chi connectivity index (χ2n) is 10.8.